The van der Waals surface area contributed by atoms with E-state index in [9.17, 15) is 0 Å². The summed E-state index contributed by atoms with van der Waals surface area (Å²) in [6.07, 6.45) is 1.04. The van der Waals surface area contributed by atoms with Gasteiger partial charge < -0.3 is 19.7 Å². The number of hydrogen-bond acceptors (Lipinski definition) is 5. The molecule has 3 rings (SSSR count). The van der Waals surface area contributed by atoms with Crippen LogP contribution in [-0.4, -0.2) is 44.2 Å². The Bertz CT molecular complexity index is 530. The van der Waals surface area contributed by atoms with Gasteiger partial charge in [-0.15, -0.1) is 0 Å². The average molecular weight is 275 g/mol. The minimum atomic E-state index is 0.361. The fourth-order valence-electron chi connectivity index (χ4n) is 3.00. The minimum Gasteiger partial charge on any atom is -0.493 e. The Labute approximate surface area is 119 Å². The molecule has 2 atom stereocenters. The molecule has 0 amide bonds. The van der Waals surface area contributed by atoms with E-state index in [0.29, 0.717) is 12.1 Å². The van der Waals surface area contributed by atoms with Crippen molar-refractivity contribution in [2.75, 3.05) is 27.3 Å². The summed E-state index contributed by atoms with van der Waals surface area (Å²) in [4.78, 5) is 6.93. The van der Waals surface area contributed by atoms with Crippen LogP contribution in [0.5, 0.6) is 11.5 Å². The molecule has 2 unspecified atom stereocenters. The first-order valence-electron chi connectivity index (χ1n) is 7.02. The van der Waals surface area contributed by atoms with Crippen molar-refractivity contribution in [3.63, 3.8) is 0 Å². The summed E-state index contributed by atoms with van der Waals surface area (Å²) in [5, 5.41) is 3.43. The molecule has 1 N–H and O–H groups in total. The van der Waals surface area contributed by atoms with Gasteiger partial charge in [-0.25, -0.2) is 0 Å². The van der Waals surface area contributed by atoms with Crippen LogP contribution in [0.25, 0.3) is 0 Å². The number of fused-ring (bicyclic) bond motifs is 1. The van der Waals surface area contributed by atoms with E-state index in [1.54, 1.807) is 14.2 Å². The number of methoxy groups -OCH3 is 2. The number of benzene rings is 1. The van der Waals surface area contributed by atoms with Gasteiger partial charge in [0.2, 0.25) is 0 Å². The van der Waals surface area contributed by atoms with Crippen molar-refractivity contribution in [2.24, 2.45) is 4.99 Å². The van der Waals surface area contributed by atoms with Crippen molar-refractivity contribution >= 4 is 5.96 Å². The van der Waals surface area contributed by atoms with Gasteiger partial charge in [-0.3, -0.25) is 4.99 Å². The molecule has 5 heteroatoms. The molecule has 1 saturated heterocycles. The van der Waals surface area contributed by atoms with E-state index in [1.807, 2.05) is 6.07 Å². The lowest BCUT2D eigenvalue weighted by Gasteiger charge is -2.32. The molecule has 0 bridgehead atoms. The molecule has 0 aliphatic carbocycles. The van der Waals surface area contributed by atoms with E-state index in [2.05, 4.69) is 34.3 Å². The minimum absolute atomic E-state index is 0.361. The van der Waals surface area contributed by atoms with Crippen LogP contribution in [0.1, 0.15) is 24.9 Å². The second-order valence-corrected chi connectivity index (χ2v) is 5.32. The average Bonchev–Trinajstić information content (AvgIpc) is 2.86. The Kier molecular flexibility index (Phi) is 3.42. The van der Waals surface area contributed by atoms with Gasteiger partial charge in [0.05, 0.1) is 20.3 Å². The molecule has 0 spiro atoms. The van der Waals surface area contributed by atoms with Gasteiger partial charge in [0.1, 0.15) is 0 Å². The molecular weight excluding hydrogens is 254 g/mol. The Balaban J connectivity index is 1.91. The summed E-state index contributed by atoms with van der Waals surface area (Å²) in [6.45, 7) is 4.05. The van der Waals surface area contributed by atoms with Crippen LogP contribution in [0, 0.1) is 0 Å². The van der Waals surface area contributed by atoms with Gasteiger partial charge in [0, 0.05) is 19.1 Å². The van der Waals surface area contributed by atoms with Gasteiger partial charge in [0.15, 0.2) is 17.5 Å². The maximum absolute atomic E-state index is 5.41. The lowest BCUT2D eigenvalue weighted by molar-refractivity contribution is 0.302. The fraction of sp³-hybridized carbons (Fsp3) is 0.533. The number of nitrogens with zero attached hydrogens (tertiary/aromatic N) is 2. The first-order chi connectivity index (χ1) is 9.72. The predicted molar refractivity (Wildman–Crippen MR) is 78.5 cm³/mol. The lowest BCUT2D eigenvalue weighted by atomic mass is 10.0. The first kappa shape index (κ1) is 13.1. The van der Waals surface area contributed by atoms with Crippen LogP contribution in [0.3, 0.4) is 0 Å². The highest BCUT2D eigenvalue weighted by Crippen LogP contribution is 2.35. The van der Waals surface area contributed by atoms with E-state index in [4.69, 9.17) is 9.47 Å². The molecule has 0 aromatic heterocycles. The summed E-state index contributed by atoms with van der Waals surface area (Å²) < 4.78 is 10.7. The fourth-order valence-corrected chi connectivity index (χ4v) is 3.00. The van der Waals surface area contributed by atoms with Crippen LogP contribution in [0.15, 0.2) is 23.2 Å². The maximum Gasteiger partial charge on any atom is 0.194 e. The second-order valence-electron chi connectivity index (χ2n) is 5.32. The standard InChI is InChI=1S/C15H21N3O2/c1-10-9-18-12(6-7-16-15(18)17-10)11-4-5-13(19-2)14(8-11)20-3/h4-5,8,10,12H,6-7,9H2,1-3H3,(H,16,17). The molecule has 20 heavy (non-hydrogen) atoms. The summed E-state index contributed by atoms with van der Waals surface area (Å²) in [5.41, 5.74) is 1.26. The molecule has 0 radical (unpaired) electrons. The van der Waals surface area contributed by atoms with Crippen molar-refractivity contribution in [2.45, 2.75) is 25.4 Å². The van der Waals surface area contributed by atoms with Crippen LogP contribution >= 0.6 is 0 Å². The third kappa shape index (κ3) is 2.17. The number of nitrogens with one attached hydrogen (secondary N) is 1. The molecule has 2 aliphatic heterocycles. The topological polar surface area (TPSA) is 46.1 Å². The molecule has 0 saturated carbocycles. The smallest absolute Gasteiger partial charge is 0.194 e. The van der Waals surface area contributed by atoms with Gasteiger partial charge in [-0.2, -0.15) is 0 Å². The summed E-state index contributed by atoms with van der Waals surface area (Å²) in [6, 6.07) is 6.99. The highest BCUT2D eigenvalue weighted by molar-refractivity contribution is 5.83. The summed E-state index contributed by atoms with van der Waals surface area (Å²) in [7, 11) is 3.34. The zero-order valence-corrected chi connectivity index (χ0v) is 12.2. The highest BCUT2D eigenvalue weighted by Gasteiger charge is 2.33. The number of rotatable bonds is 3. The molecular formula is C15H21N3O2. The molecule has 108 valence electrons. The van der Waals surface area contributed by atoms with Crippen LogP contribution in [0.2, 0.25) is 0 Å². The first-order valence-corrected chi connectivity index (χ1v) is 7.02. The van der Waals surface area contributed by atoms with E-state index in [-0.39, 0.29) is 0 Å². The van der Waals surface area contributed by atoms with E-state index < -0.39 is 0 Å². The zero-order chi connectivity index (χ0) is 14.1. The van der Waals surface area contributed by atoms with Crippen molar-refractivity contribution in [1.82, 2.24) is 10.2 Å². The summed E-state index contributed by atoms with van der Waals surface area (Å²) in [5.74, 6) is 2.59. The Morgan fingerprint density at radius 3 is 2.80 bits per heavy atom. The summed E-state index contributed by atoms with van der Waals surface area (Å²) >= 11 is 0. The van der Waals surface area contributed by atoms with Gasteiger partial charge in [0.25, 0.3) is 0 Å². The van der Waals surface area contributed by atoms with Crippen molar-refractivity contribution in [1.29, 1.82) is 0 Å². The predicted octanol–water partition coefficient (Wildman–Crippen LogP) is 1.80. The van der Waals surface area contributed by atoms with E-state index in [1.165, 1.54) is 5.56 Å². The monoisotopic (exact) mass is 275 g/mol. The van der Waals surface area contributed by atoms with Crippen molar-refractivity contribution < 1.29 is 9.47 Å². The van der Waals surface area contributed by atoms with E-state index in [0.717, 1.165) is 37.0 Å². The van der Waals surface area contributed by atoms with E-state index >= 15 is 0 Å². The molecule has 1 fully saturated rings. The number of hydrogen-bond donors (Lipinski definition) is 1. The Morgan fingerprint density at radius 2 is 2.05 bits per heavy atom. The van der Waals surface area contributed by atoms with Crippen LogP contribution < -0.4 is 14.8 Å². The maximum atomic E-state index is 5.41. The molecule has 2 aliphatic rings. The number of guanidine groups is 1. The molecule has 5 nitrogen and oxygen atoms in total. The molecule has 1 aromatic rings. The van der Waals surface area contributed by atoms with Crippen LogP contribution in [-0.2, 0) is 0 Å². The van der Waals surface area contributed by atoms with Crippen molar-refractivity contribution in [3.8, 4) is 11.5 Å². The quantitative estimate of drug-likeness (QED) is 0.913. The van der Waals surface area contributed by atoms with Gasteiger partial charge in [-0.1, -0.05) is 6.07 Å². The molecule has 1 aromatic carbocycles. The van der Waals surface area contributed by atoms with Crippen LogP contribution in [0.4, 0.5) is 0 Å². The number of aliphatic imine (C=N–C) groups is 1. The molecule has 2 heterocycles. The highest BCUT2D eigenvalue weighted by atomic mass is 16.5. The Morgan fingerprint density at radius 1 is 1.25 bits per heavy atom. The third-order valence-electron chi connectivity index (χ3n) is 3.95. The number of ether oxygens (including phenoxy) is 2. The lowest BCUT2D eigenvalue weighted by Crippen LogP contribution is -2.37. The normalized spacial score (nSPS) is 24.8. The van der Waals surface area contributed by atoms with Crippen molar-refractivity contribution in [3.05, 3.63) is 23.8 Å². The van der Waals surface area contributed by atoms with Gasteiger partial charge in [-0.05, 0) is 31.0 Å². The van der Waals surface area contributed by atoms with Gasteiger partial charge >= 0.3 is 0 Å². The Hall–Kier alpha value is -1.91. The zero-order valence-electron chi connectivity index (χ0n) is 12.2. The second kappa shape index (κ2) is 5.23. The largest absolute Gasteiger partial charge is 0.493 e. The SMILES string of the molecule is COc1ccc(C2CCN=C3NC(C)CN32)cc1OC. The third-order valence-corrected chi connectivity index (χ3v) is 3.95.